The number of ketones is 1. The predicted molar refractivity (Wildman–Crippen MR) is 136 cm³/mol. The van der Waals surface area contributed by atoms with Gasteiger partial charge in [0.15, 0.2) is 0 Å². The van der Waals surface area contributed by atoms with E-state index in [0.29, 0.717) is 29.8 Å². The first kappa shape index (κ1) is 27.6. The number of nitro groups is 1. The van der Waals surface area contributed by atoms with Crippen LogP contribution < -0.4 is 0 Å². The monoisotopic (exact) mass is 512 g/mol. The highest BCUT2D eigenvalue weighted by Crippen LogP contribution is 2.41. The van der Waals surface area contributed by atoms with Gasteiger partial charge in [0.1, 0.15) is 11.5 Å². The Morgan fingerprint density at radius 3 is 2.35 bits per heavy atom. The summed E-state index contributed by atoms with van der Waals surface area (Å²) in [5, 5.41) is 22.6. The van der Waals surface area contributed by atoms with Crippen LogP contribution >= 0.6 is 0 Å². The normalized spacial score (nSPS) is 17.0. The maximum atomic E-state index is 13.3. The first-order chi connectivity index (χ1) is 17.6. The fourth-order valence-corrected chi connectivity index (χ4v) is 4.79. The lowest BCUT2D eigenvalue weighted by atomic mass is 9.94. The Labute approximate surface area is 214 Å². The molecule has 0 aliphatic carbocycles. The van der Waals surface area contributed by atoms with E-state index < -0.39 is 34.4 Å². The molecule has 0 bridgehead atoms. The fraction of sp³-hybridized carbons (Fsp3) is 0.423. The van der Waals surface area contributed by atoms with Gasteiger partial charge < -0.3 is 24.6 Å². The van der Waals surface area contributed by atoms with Crippen molar-refractivity contribution in [1.29, 1.82) is 0 Å². The van der Waals surface area contributed by atoms with Crippen molar-refractivity contribution in [3.05, 3.63) is 68.0 Å². The quantitative estimate of drug-likeness (QED) is 0.123. The topological polar surface area (TPSA) is 146 Å². The van der Waals surface area contributed by atoms with E-state index in [-0.39, 0.29) is 29.1 Å². The van der Waals surface area contributed by atoms with Crippen molar-refractivity contribution in [3.8, 4) is 0 Å². The van der Waals surface area contributed by atoms with Gasteiger partial charge in [0.05, 0.1) is 23.6 Å². The van der Waals surface area contributed by atoms with Crippen LogP contribution in [0, 0.1) is 24.0 Å². The number of benzene rings is 1. The van der Waals surface area contributed by atoms with Gasteiger partial charge in [0.25, 0.3) is 17.4 Å². The van der Waals surface area contributed by atoms with Crippen LogP contribution in [0.2, 0.25) is 0 Å². The van der Waals surface area contributed by atoms with Crippen molar-refractivity contribution in [2.75, 3.05) is 33.3 Å². The van der Waals surface area contributed by atoms with Gasteiger partial charge in [-0.1, -0.05) is 13.8 Å². The maximum Gasteiger partial charge on any atom is 0.354 e. The number of rotatable bonds is 10. The molecule has 1 aromatic carbocycles. The molecule has 0 spiro atoms. The van der Waals surface area contributed by atoms with Gasteiger partial charge in [0, 0.05) is 29.9 Å². The SMILES string of the molecule is CCN(CC)CCCN1C(=O)C(=O)/C(=C(/O)c2c(C)[nH]c(C(=O)OC)c2C)[C@@H]1c1ccc([N+](=O)[O-])cc1. The first-order valence-corrected chi connectivity index (χ1v) is 12.1. The van der Waals surface area contributed by atoms with Crippen molar-refractivity contribution in [3.63, 3.8) is 0 Å². The van der Waals surface area contributed by atoms with Crippen LogP contribution in [0.15, 0.2) is 29.8 Å². The molecule has 0 saturated carbocycles. The maximum absolute atomic E-state index is 13.3. The van der Waals surface area contributed by atoms with Crippen molar-refractivity contribution < 1.29 is 29.2 Å². The minimum absolute atomic E-state index is 0.127. The third-order valence-electron chi connectivity index (χ3n) is 6.79. The first-order valence-electron chi connectivity index (χ1n) is 12.1. The minimum atomic E-state index is -0.951. The molecule has 11 nitrogen and oxygen atoms in total. The lowest BCUT2D eigenvalue weighted by molar-refractivity contribution is -0.384. The lowest BCUT2D eigenvalue weighted by Crippen LogP contribution is -2.33. The number of hydrogen-bond acceptors (Lipinski definition) is 8. The number of amides is 1. The molecule has 2 aromatic rings. The van der Waals surface area contributed by atoms with E-state index in [1.165, 1.54) is 36.3 Å². The van der Waals surface area contributed by atoms with E-state index in [1.54, 1.807) is 13.8 Å². The average Bonchev–Trinajstić information content (AvgIpc) is 3.32. The summed E-state index contributed by atoms with van der Waals surface area (Å²) in [5.41, 5.74) is 1.33. The predicted octanol–water partition coefficient (Wildman–Crippen LogP) is 3.48. The number of aromatic nitrogens is 1. The number of aryl methyl sites for hydroxylation is 1. The number of hydrogen-bond donors (Lipinski definition) is 2. The molecule has 2 N–H and O–H groups in total. The molecule has 1 aromatic heterocycles. The number of esters is 1. The van der Waals surface area contributed by atoms with Gasteiger partial charge in [-0.25, -0.2) is 4.79 Å². The van der Waals surface area contributed by atoms with Crippen molar-refractivity contribution in [2.24, 2.45) is 0 Å². The van der Waals surface area contributed by atoms with E-state index in [9.17, 15) is 29.6 Å². The zero-order valence-corrected chi connectivity index (χ0v) is 21.7. The highest BCUT2D eigenvalue weighted by Gasteiger charge is 2.46. The zero-order valence-electron chi connectivity index (χ0n) is 21.7. The largest absolute Gasteiger partial charge is 0.507 e. The average molecular weight is 513 g/mol. The van der Waals surface area contributed by atoms with E-state index in [0.717, 1.165) is 13.1 Å². The Morgan fingerprint density at radius 1 is 1.19 bits per heavy atom. The van der Waals surface area contributed by atoms with Crippen LogP contribution in [0.4, 0.5) is 5.69 Å². The van der Waals surface area contributed by atoms with Crippen LogP contribution in [0.5, 0.6) is 0 Å². The van der Waals surface area contributed by atoms with Gasteiger partial charge in [-0.3, -0.25) is 19.7 Å². The Bertz CT molecular complexity index is 1240. The standard InChI is InChI=1S/C26H32N4O7/c1-6-28(7-2)13-8-14-29-22(17-9-11-18(12-10-17)30(35)36)20(24(32)25(29)33)23(31)19-15(3)21(26(34)37-5)27-16(19)4/h9-12,22,27,31H,6-8,13-14H2,1-5H3/b23-20+/t22-/m0/s1. The molecule has 1 saturated heterocycles. The summed E-state index contributed by atoms with van der Waals surface area (Å²) < 4.78 is 4.79. The number of methoxy groups -OCH3 is 1. The van der Waals surface area contributed by atoms with Crippen LogP contribution in [0.1, 0.15) is 59.2 Å². The van der Waals surface area contributed by atoms with Gasteiger partial charge in [-0.15, -0.1) is 0 Å². The number of aliphatic hydroxyl groups excluding tert-OH is 1. The molecule has 2 heterocycles. The molecule has 11 heteroatoms. The molecule has 0 unspecified atom stereocenters. The molecule has 1 amide bonds. The van der Waals surface area contributed by atoms with Crippen molar-refractivity contribution in [1.82, 2.24) is 14.8 Å². The number of H-pyrrole nitrogens is 1. The summed E-state index contributed by atoms with van der Waals surface area (Å²) in [7, 11) is 1.23. The van der Waals surface area contributed by atoms with Crippen LogP contribution in [0.25, 0.3) is 5.76 Å². The van der Waals surface area contributed by atoms with Crippen molar-refractivity contribution in [2.45, 2.75) is 40.2 Å². The van der Waals surface area contributed by atoms with Crippen LogP contribution in [0.3, 0.4) is 0 Å². The number of carbonyl (C=O) groups is 3. The number of carbonyl (C=O) groups excluding carboxylic acids is 3. The number of ether oxygens (including phenoxy) is 1. The third-order valence-corrected chi connectivity index (χ3v) is 6.79. The molecule has 37 heavy (non-hydrogen) atoms. The number of aromatic amines is 1. The lowest BCUT2D eigenvalue weighted by Gasteiger charge is -2.26. The van der Waals surface area contributed by atoms with E-state index in [1.807, 2.05) is 13.8 Å². The number of nitrogens with one attached hydrogen (secondary N) is 1. The number of non-ortho nitro benzene ring substituents is 1. The molecule has 0 radical (unpaired) electrons. The fourth-order valence-electron chi connectivity index (χ4n) is 4.79. The Morgan fingerprint density at radius 2 is 1.81 bits per heavy atom. The minimum Gasteiger partial charge on any atom is -0.507 e. The van der Waals surface area contributed by atoms with E-state index in [2.05, 4.69) is 9.88 Å². The van der Waals surface area contributed by atoms with Gasteiger partial charge in [-0.05, 0) is 63.2 Å². The summed E-state index contributed by atoms with van der Waals surface area (Å²) in [6.45, 7) is 9.96. The molecule has 3 rings (SSSR count). The molecular weight excluding hydrogens is 480 g/mol. The second kappa shape index (κ2) is 11.4. The number of likely N-dealkylation sites (tertiary alicyclic amines) is 1. The number of aliphatic hydroxyl groups is 1. The van der Waals surface area contributed by atoms with Gasteiger partial charge in [-0.2, -0.15) is 0 Å². The molecule has 1 aliphatic heterocycles. The third kappa shape index (κ3) is 5.26. The molecule has 198 valence electrons. The van der Waals surface area contributed by atoms with Crippen molar-refractivity contribution >= 4 is 29.1 Å². The molecule has 1 atom stereocenters. The number of nitro benzene ring substituents is 1. The highest BCUT2D eigenvalue weighted by molar-refractivity contribution is 6.46. The number of nitrogens with zero attached hydrogens (tertiary/aromatic N) is 3. The molecular formula is C26H32N4O7. The zero-order chi connectivity index (χ0) is 27.4. The van der Waals surface area contributed by atoms with Crippen LogP contribution in [-0.4, -0.2) is 75.8 Å². The number of Topliss-reactive ketones (excluding diaryl/α,β-unsaturated/α-hetero) is 1. The Kier molecular flexibility index (Phi) is 8.49. The Balaban J connectivity index is 2.14. The highest BCUT2D eigenvalue weighted by atomic mass is 16.6. The summed E-state index contributed by atoms with van der Waals surface area (Å²) in [4.78, 5) is 55.7. The smallest absolute Gasteiger partial charge is 0.354 e. The summed E-state index contributed by atoms with van der Waals surface area (Å²) >= 11 is 0. The molecule has 1 fully saturated rings. The summed E-state index contributed by atoms with van der Waals surface area (Å²) in [5.74, 6) is -2.68. The van der Waals surface area contributed by atoms with Crippen LogP contribution in [-0.2, 0) is 14.3 Å². The Hall–Kier alpha value is -3.99. The van der Waals surface area contributed by atoms with Gasteiger partial charge >= 0.3 is 5.97 Å². The summed E-state index contributed by atoms with van der Waals surface area (Å²) in [6, 6.07) is 4.61. The molecule has 1 aliphatic rings. The second-order valence-corrected chi connectivity index (χ2v) is 8.84. The second-order valence-electron chi connectivity index (χ2n) is 8.84. The summed E-state index contributed by atoms with van der Waals surface area (Å²) in [6.07, 6.45) is 0.590. The van der Waals surface area contributed by atoms with E-state index in [4.69, 9.17) is 4.74 Å². The van der Waals surface area contributed by atoms with Gasteiger partial charge in [0.2, 0.25) is 0 Å². The van der Waals surface area contributed by atoms with E-state index >= 15 is 0 Å².